The first kappa shape index (κ1) is 15.6. The third-order valence-corrected chi connectivity index (χ3v) is 3.90. The predicted octanol–water partition coefficient (Wildman–Crippen LogP) is 2.26. The van der Waals surface area contributed by atoms with Crippen molar-refractivity contribution in [2.24, 2.45) is 5.92 Å². The van der Waals surface area contributed by atoms with Gasteiger partial charge in [-0.05, 0) is 37.0 Å². The van der Waals surface area contributed by atoms with E-state index in [0.717, 1.165) is 30.5 Å². The van der Waals surface area contributed by atoms with Gasteiger partial charge in [-0.25, -0.2) is 0 Å². The van der Waals surface area contributed by atoms with Crippen LogP contribution in [0.1, 0.15) is 30.9 Å². The molecule has 2 atom stereocenters. The topological polar surface area (TPSA) is 52.6 Å². The van der Waals surface area contributed by atoms with E-state index in [0.29, 0.717) is 0 Å². The molecule has 0 bridgehead atoms. The van der Waals surface area contributed by atoms with Crippen molar-refractivity contribution in [3.8, 4) is 0 Å². The van der Waals surface area contributed by atoms with Gasteiger partial charge in [0.05, 0.1) is 6.10 Å². The van der Waals surface area contributed by atoms with E-state index in [4.69, 9.17) is 0 Å². The number of allylic oxidation sites excluding steroid dienone is 2. The molecule has 0 radical (unpaired) electrons. The summed E-state index contributed by atoms with van der Waals surface area (Å²) in [6.45, 7) is 0.264. The molecule has 0 aliphatic heterocycles. The first-order chi connectivity index (χ1) is 10.1. The maximum Gasteiger partial charge on any atom is 0.223 e. The van der Waals surface area contributed by atoms with Crippen LogP contribution in [-0.2, 0) is 4.79 Å². The fraction of sp³-hybridized carbons (Fsp3) is 0.471. The molecular weight excluding hydrogens is 264 g/mol. The number of nitrogens with zero attached hydrogens (tertiary/aromatic N) is 1. The minimum Gasteiger partial charge on any atom is -0.387 e. The minimum absolute atomic E-state index is 0.0447. The summed E-state index contributed by atoms with van der Waals surface area (Å²) < 4.78 is 0. The van der Waals surface area contributed by atoms with Gasteiger partial charge < -0.3 is 15.3 Å². The maximum atomic E-state index is 12.0. The number of rotatable bonds is 5. The van der Waals surface area contributed by atoms with E-state index in [1.165, 1.54) is 0 Å². The number of nitrogens with one attached hydrogen (secondary N) is 1. The molecule has 1 aromatic rings. The zero-order valence-corrected chi connectivity index (χ0v) is 12.7. The summed E-state index contributed by atoms with van der Waals surface area (Å²) in [6.07, 6.45) is 6.18. The number of aliphatic hydroxyl groups excluding tert-OH is 1. The number of benzene rings is 1. The highest BCUT2D eigenvalue weighted by Crippen LogP contribution is 2.20. The number of anilines is 1. The van der Waals surface area contributed by atoms with Crippen LogP contribution >= 0.6 is 0 Å². The smallest absolute Gasteiger partial charge is 0.223 e. The fourth-order valence-electron chi connectivity index (χ4n) is 2.49. The van der Waals surface area contributed by atoms with Gasteiger partial charge in [0.1, 0.15) is 0 Å². The number of aliphatic hydroxyl groups is 1. The Labute approximate surface area is 126 Å². The highest BCUT2D eigenvalue weighted by Gasteiger charge is 2.19. The molecule has 114 valence electrons. The second-order valence-corrected chi connectivity index (χ2v) is 5.73. The summed E-state index contributed by atoms with van der Waals surface area (Å²) in [5.74, 6) is 0.0987. The highest BCUT2D eigenvalue weighted by molar-refractivity contribution is 5.79. The third kappa shape index (κ3) is 4.33. The lowest BCUT2D eigenvalue weighted by Crippen LogP contribution is -2.34. The molecule has 4 nitrogen and oxygen atoms in total. The van der Waals surface area contributed by atoms with Crippen LogP contribution in [0, 0.1) is 5.92 Å². The second kappa shape index (κ2) is 7.27. The molecular formula is C17H24N2O2. The van der Waals surface area contributed by atoms with E-state index >= 15 is 0 Å². The lowest BCUT2D eigenvalue weighted by molar-refractivity contribution is -0.125. The Morgan fingerprint density at radius 2 is 2.05 bits per heavy atom. The van der Waals surface area contributed by atoms with Gasteiger partial charge in [0, 0.05) is 32.2 Å². The molecule has 0 saturated heterocycles. The number of hydrogen-bond acceptors (Lipinski definition) is 3. The van der Waals surface area contributed by atoms with E-state index < -0.39 is 6.10 Å². The van der Waals surface area contributed by atoms with E-state index in [1.807, 2.05) is 43.3 Å². The molecule has 0 aromatic heterocycles. The summed E-state index contributed by atoms with van der Waals surface area (Å²) >= 11 is 0. The van der Waals surface area contributed by atoms with Crippen molar-refractivity contribution in [1.82, 2.24) is 5.32 Å². The summed E-state index contributed by atoms with van der Waals surface area (Å²) in [5.41, 5.74) is 1.91. The number of carbonyl (C=O) groups is 1. The van der Waals surface area contributed by atoms with Crippen LogP contribution in [0.3, 0.4) is 0 Å². The predicted molar refractivity (Wildman–Crippen MR) is 85.2 cm³/mol. The maximum absolute atomic E-state index is 12.0. The molecule has 0 heterocycles. The first-order valence-corrected chi connectivity index (χ1v) is 7.46. The molecule has 1 aliphatic rings. The summed E-state index contributed by atoms with van der Waals surface area (Å²) in [7, 11) is 3.95. The molecule has 0 saturated carbocycles. The largest absolute Gasteiger partial charge is 0.387 e. The average molecular weight is 288 g/mol. The summed E-state index contributed by atoms with van der Waals surface area (Å²) in [5, 5.41) is 13.0. The van der Waals surface area contributed by atoms with Crippen LogP contribution in [0.2, 0.25) is 0 Å². The van der Waals surface area contributed by atoms with E-state index in [9.17, 15) is 9.90 Å². The molecule has 0 spiro atoms. The molecule has 21 heavy (non-hydrogen) atoms. The van der Waals surface area contributed by atoms with Gasteiger partial charge in [-0.3, -0.25) is 4.79 Å². The third-order valence-electron chi connectivity index (χ3n) is 3.90. The van der Waals surface area contributed by atoms with Gasteiger partial charge >= 0.3 is 0 Å². The molecule has 2 N–H and O–H groups in total. The number of hydrogen-bond donors (Lipinski definition) is 2. The fourth-order valence-corrected chi connectivity index (χ4v) is 2.49. The van der Waals surface area contributed by atoms with E-state index in [1.54, 1.807) is 0 Å². The Hall–Kier alpha value is -1.81. The monoisotopic (exact) mass is 288 g/mol. The van der Waals surface area contributed by atoms with Gasteiger partial charge in [-0.1, -0.05) is 24.3 Å². The highest BCUT2D eigenvalue weighted by atomic mass is 16.3. The van der Waals surface area contributed by atoms with Crippen molar-refractivity contribution in [3.63, 3.8) is 0 Å². The summed E-state index contributed by atoms with van der Waals surface area (Å²) in [4.78, 5) is 14.0. The van der Waals surface area contributed by atoms with Gasteiger partial charge in [-0.2, -0.15) is 0 Å². The van der Waals surface area contributed by atoms with Gasteiger partial charge in [0.2, 0.25) is 5.91 Å². The van der Waals surface area contributed by atoms with Crippen LogP contribution in [0.25, 0.3) is 0 Å². The van der Waals surface area contributed by atoms with Crippen LogP contribution < -0.4 is 10.2 Å². The lowest BCUT2D eigenvalue weighted by Gasteiger charge is -2.19. The second-order valence-electron chi connectivity index (χ2n) is 5.73. The van der Waals surface area contributed by atoms with Crippen LogP contribution in [0.4, 0.5) is 5.69 Å². The number of carbonyl (C=O) groups excluding carboxylic acids is 1. The SMILES string of the molecule is CN(C)c1ccc([C@@H](O)CNC(=O)[C@@H]2CC=CCC2)cc1. The normalized spacial score (nSPS) is 19.1. The van der Waals surface area contributed by atoms with Crippen molar-refractivity contribution in [3.05, 3.63) is 42.0 Å². The van der Waals surface area contributed by atoms with Crippen LogP contribution in [0.5, 0.6) is 0 Å². The quantitative estimate of drug-likeness (QED) is 0.817. The van der Waals surface area contributed by atoms with Crippen LogP contribution in [-0.4, -0.2) is 31.7 Å². The minimum atomic E-state index is -0.663. The van der Waals surface area contributed by atoms with Gasteiger partial charge in [0.15, 0.2) is 0 Å². The zero-order chi connectivity index (χ0) is 15.2. The van der Waals surface area contributed by atoms with Crippen molar-refractivity contribution in [2.75, 3.05) is 25.5 Å². The van der Waals surface area contributed by atoms with E-state index in [-0.39, 0.29) is 18.4 Å². The Balaban J connectivity index is 1.84. The van der Waals surface area contributed by atoms with Crippen LogP contribution in [0.15, 0.2) is 36.4 Å². The number of amides is 1. The van der Waals surface area contributed by atoms with Crippen molar-refractivity contribution < 1.29 is 9.90 Å². The Morgan fingerprint density at radius 1 is 1.33 bits per heavy atom. The first-order valence-electron chi connectivity index (χ1n) is 7.46. The average Bonchev–Trinajstić information content (AvgIpc) is 2.53. The molecule has 1 aromatic carbocycles. The van der Waals surface area contributed by atoms with E-state index in [2.05, 4.69) is 17.5 Å². The zero-order valence-electron chi connectivity index (χ0n) is 12.7. The molecule has 0 unspecified atom stereocenters. The van der Waals surface area contributed by atoms with Crippen molar-refractivity contribution in [2.45, 2.75) is 25.4 Å². The molecule has 0 fully saturated rings. The van der Waals surface area contributed by atoms with Gasteiger partial charge in [-0.15, -0.1) is 0 Å². The van der Waals surface area contributed by atoms with Crippen molar-refractivity contribution >= 4 is 11.6 Å². The molecule has 1 aliphatic carbocycles. The Kier molecular flexibility index (Phi) is 5.39. The standard InChI is InChI=1S/C17H24N2O2/c1-19(2)15-10-8-13(9-11-15)16(20)12-18-17(21)14-6-4-3-5-7-14/h3-4,8-11,14,16,20H,5-7,12H2,1-2H3,(H,18,21)/t14-,16+/m1/s1. The Morgan fingerprint density at radius 3 is 2.62 bits per heavy atom. The molecule has 2 rings (SSSR count). The molecule has 4 heteroatoms. The molecule has 1 amide bonds. The Bertz CT molecular complexity index is 494. The van der Waals surface area contributed by atoms with Gasteiger partial charge in [0.25, 0.3) is 0 Å². The lowest BCUT2D eigenvalue weighted by atomic mass is 9.93. The van der Waals surface area contributed by atoms with Crippen molar-refractivity contribution in [1.29, 1.82) is 0 Å². The summed E-state index contributed by atoms with van der Waals surface area (Å²) in [6, 6.07) is 7.73.